The molecular weight excluding hydrogens is 354 g/mol. The van der Waals surface area contributed by atoms with E-state index in [0.29, 0.717) is 9.50 Å². The van der Waals surface area contributed by atoms with Crippen LogP contribution in [-0.4, -0.2) is 27.4 Å². The zero-order valence-corrected chi connectivity index (χ0v) is 12.1. The maximum absolute atomic E-state index is 12.9. The average Bonchev–Trinajstić information content (AvgIpc) is 2.30. The maximum Gasteiger partial charge on any atom is 0.273 e. The summed E-state index contributed by atoms with van der Waals surface area (Å²) in [7, 11) is -4.02. The fourth-order valence-electron chi connectivity index (χ4n) is 1.00. The number of benzene rings is 1. The standard InChI is InChI=1S/C9H10BrClF2N2O2S/c10-7-3-6(1-2-8(7)11)18(16,17)15-5-9(12,13)4-14/h1-3,15H,4-5,14H2. The molecule has 4 nitrogen and oxygen atoms in total. The topological polar surface area (TPSA) is 72.2 Å². The highest BCUT2D eigenvalue weighted by molar-refractivity contribution is 9.10. The van der Waals surface area contributed by atoms with Gasteiger partial charge in [0, 0.05) is 4.47 Å². The number of halogens is 4. The van der Waals surface area contributed by atoms with Crippen molar-refractivity contribution in [2.75, 3.05) is 13.1 Å². The van der Waals surface area contributed by atoms with Crippen molar-refractivity contribution in [2.24, 2.45) is 5.73 Å². The number of sulfonamides is 1. The highest BCUT2D eigenvalue weighted by atomic mass is 79.9. The Morgan fingerprint density at radius 3 is 2.56 bits per heavy atom. The highest BCUT2D eigenvalue weighted by Crippen LogP contribution is 2.25. The molecule has 0 atom stereocenters. The number of hydrogen-bond donors (Lipinski definition) is 2. The average molecular weight is 364 g/mol. The predicted octanol–water partition coefficient (Wildman–Crippen LogP) is 1.97. The van der Waals surface area contributed by atoms with E-state index < -0.39 is 29.0 Å². The highest BCUT2D eigenvalue weighted by Gasteiger charge is 2.29. The van der Waals surface area contributed by atoms with Gasteiger partial charge in [-0.3, -0.25) is 0 Å². The van der Waals surface area contributed by atoms with E-state index in [1.807, 2.05) is 0 Å². The zero-order valence-electron chi connectivity index (χ0n) is 8.96. The van der Waals surface area contributed by atoms with Crippen LogP contribution in [0.1, 0.15) is 0 Å². The molecule has 0 aliphatic rings. The van der Waals surface area contributed by atoms with Gasteiger partial charge in [0.15, 0.2) is 0 Å². The number of hydrogen-bond acceptors (Lipinski definition) is 3. The van der Waals surface area contributed by atoms with Crippen molar-refractivity contribution in [2.45, 2.75) is 10.8 Å². The van der Waals surface area contributed by atoms with Crippen molar-refractivity contribution in [1.29, 1.82) is 0 Å². The van der Waals surface area contributed by atoms with Gasteiger partial charge in [-0.25, -0.2) is 21.9 Å². The lowest BCUT2D eigenvalue weighted by Gasteiger charge is -2.14. The number of rotatable bonds is 5. The van der Waals surface area contributed by atoms with Crippen LogP contribution in [0.25, 0.3) is 0 Å². The smallest absolute Gasteiger partial charge is 0.273 e. The molecule has 0 aliphatic carbocycles. The Labute approximate surface area is 117 Å². The fraction of sp³-hybridized carbons (Fsp3) is 0.333. The van der Waals surface area contributed by atoms with Gasteiger partial charge in [-0.2, -0.15) is 0 Å². The van der Waals surface area contributed by atoms with E-state index in [1.54, 1.807) is 4.72 Å². The molecular formula is C9H10BrClF2N2O2S. The Hall–Kier alpha value is -0.280. The Balaban J connectivity index is 2.90. The lowest BCUT2D eigenvalue weighted by atomic mass is 10.3. The third-order valence-electron chi connectivity index (χ3n) is 2.02. The summed E-state index contributed by atoms with van der Waals surface area (Å²) in [5.41, 5.74) is 4.81. The quantitative estimate of drug-likeness (QED) is 0.840. The van der Waals surface area contributed by atoms with Crippen molar-refractivity contribution in [3.63, 3.8) is 0 Å². The van der Waals surface area contributed by atoms with Crippen LogP contribution in [0.4, 0.5) is 8.78 Å². The summed E-state index contributed by atoms with van der Waals surface area (Å²) in [6.45, 7) is -1.98. The molecule has 0 aromatic heterocycles. The summed E-state index contributed by atoms with van der Waals surface area (Å²) >= 11 is 8.75. The van der Waals surface area contributed by atoms with E-state index >= 15 is 0 Å². The number of nitrogens with one attached hydrogen (secondary N) is 1. The van der Waals surface area contributed by atoms with Gasteiger partial charge < -0.3 is 5.73 Å². The monoisotopic (exact) mass is 362 g/mol. The van der Waals surface area contributed by atoms with Crippen LogP contribution in [0, 0.1) is 0 Å². The molecule has 0 heterocycles. The van der Waals surface area contributed by atoms with Crippen molar-refractivity contribution < 1.29 is 17.2 Å². The van der Waals surface area contributed by atoms with Gasteiger partial charge in [-0.05, 0) is 34.1 Å². The normalized spacial score (nSPS) is 12.7. The van der Waals surface area contributed by atoms with Gasteiger partial charge in [0.1, 0.15) is 0 Å². The molecule has 0 spiro atoms. The summed E-state index contributed by atoms with van der Waals surface area (Å²) in [6.07, 6.45) is 0. The predicted molar refractivity (Wildman–Crippen MR) is 68.3 cm³/mol. The first-order chi connectivity index (χ1) is 8.18. The molecule has 1 rings (SSSR count). The third-order valence-corrected chi connectivity index (χ3v) is 4.63. The Bertz CT molecular complexity index is 539. The van der Waals surface area contributed by atoms with E-state index in [1.165, 1.54) is 18.2 Å². The molecule has 0 aliphatic heterocycles. The van der Waals surface area contributed by atoms with E-state index in [-0.39, 0.29) is 4.90 Å². The van der Waals surface area contributed by atoms with Crippen molar-refractivity contribution >= 4 is 37.6 Å². The molecule has 18 heavy (non-hydrogen) atoms. The maximum atomic E-state index is 12.9. The van der Waals surface area contributed by atoms with Crippen LogP contribution in [0.15, 0.2) is 27.6 Å². The summed E-state index contributed by atoms with van der Waals surface area (Å²) in [5.74, 6) is -3.28. The van der Waals surface area contributed by atoms with Crippen molar-refractivity contribution in [3.8, 4) is 0 Å². The van der Waals surface area contributed by atoms with Gasteiger partial charge in [0.2, 0.25) is 10.0 Å². The van der Waals surface area contributed by atoms with E-state index in [0.717, 1.165) is 0 Å². The Kier molecular flexibility index (Phi) is 5.07. The lowest BCUT2D eigenvalue weighted by molar-refractivity contribution is 0.0170. The second-order valence-electron chi connectivity index (χ2n) is 3.46. The zero-order chi connectivity index (χ0) is 14.0. The van der Waals surface area contributed by atoms with Gasteiger partial charge in [-0.15, -0.1) is 0 Å². The first-order valence-corrected chi connectivity index (χ1v) is 7.36. The summed E-state index contributed by atoms with van der Waals surface area (Å²) in [5, 5.41) is 0.321. The largest absolute Gasteiger partial charge is 0.325 e. The summed E-state index contributed by atoms with van der Waals surface area (Å²) in [6, 6.07) is 3.79. The Morgan fingerprint density at radius 2 is 2.06 bits per heavy atom. The van der Waals surface area contributed by atoms with Gasteiger partial charge in [-0.1, -0.05) is 11.6 Å². The molecule has 1 aromatic rings. The van der Waals surface area contributed by atoms with E-state index in [9.17, 15) is 17.2 Å². The lowest BCUT2D eigenvalue weighted by Crippen LogP contribution is -2.41. The van der Waals surface area contributed by atoms with Crippen LogP contribution < -0.4 is 10.5 Å². The first-order valence-electron chi connectivity index (χ1n) is 4.70. The van der Waals surface area contributed by atoms with Crippen LogP contribution in [0.5, 0.6) is 0 Å². The molecule has 0 fully saturated rings. The van der Waals surface area contributed by atoms with Crippen molar-refractivity contribution in [1.82, 2.24) is 4.72 Å². The first kappa shape index (κ1) is 15.8. The molecule has 0 amide bonds. The van der Waals surface area contributed by atoms with Crippen molar-refractivity contribution in [3.05, 3.63) is 27.7 Å². The summed E-state index contributed by atoms with van der Waals surface area (Å²) < 4.78 is 51.3. The minimum absolute atomic E-state index is 0.161. The van der Waals surface area contributed by atoms with Crippen LogP contribution in [0.2, 0.25) is 5.02 Å². The second-order valence-corrected chi connectivity index (χ2v) is 6.49. The van der Waals surface area contributed by atoms with Crippen LogP contribution in [-0.2, 0) is 10.0 Å². The minimum atomic E-state index is -4.02. The molecule has 0 unspecified atom stereocenters. The van der Waals surface area contributed by atoms with Crippen LogP contribution >= 0.6 is 27.5 Å². The number of alkyl halides is 2. The molecule has 0 bridgehead atoms. The molecule has 0 saturated carbocycles. The molecule has 3 N–H and O–H groups in total. The SMILES string of the molecule is NCC(F)(F)CNS(=O)(=O)c1ccc(Cl)c(Br)c1. The molecule has 1 aromatic carbocycles. The molecule has 0 saturated heterocycles. The molecule has 9 heteroatoms. The van der Waals surface area contributed by atoms with E-state index in [2.05, 4.69) is 15.9 Å². The third kappa shape index (κ3) is 4.13. The van der Waals surface area contributed by atoms with Crippen LogP contribution in [0.3, 0.4) is 0 Å². The van der Waals surface area contributed by atoms with E-state index in [4.69, 9.17) is 17.3 Å². The second kappa shape index (κ2) is 5.79. The van der Waals surface area contributed by atoms with Gasteiger partial charge >= 0.3 is 0 Å². The fourth-order valence-corrected chi connectivity index (χ4v) is 2.74. The summed E-state index contributed by atoms with van der Waals surface area (Å²) in [4.78, 5) is -0.161. The number of nitrogens with two attached hydrogens (primary N) is 1. The van der Waals surface area contributed by atoms with Gasteiger partial charge in [0.25, 0.3) is 5.92 Å². The van der Waals surface area contributed by atoms with Gasteiger partial charge in [0.05, 0.1) is 23.0 Å². The minimum Gasteiger partial charge on any atom is -0.325 e. The Morgan fingerprint density at radius 1 is 1.44 bits per heavy atom. The molecule has 0 radical (unpaired) electrons. The molecule has 102 valence electrons.